The number of hydrogen-bond acceptors (Lipinski definition) is 5. The summed E-state index contributed by atoms with van der Waals surface area (Å²) < 4.78 is 32.3. The Bertz CT molecular complexity index is 568. The predicted molar refractivity (Wildman–Crippen MR) is 68.4 cm³/mol. The van der Waals surface area contributed by atoms with Crippen molar-refractivity contribution >= 4 is 37.6 Å². The number of rotatable bonds is 5. The summed E-state index contributed by atoms with van der Waals surface area (Å²) in [6.45, 7) is 0. The maximum absolute atomic E-state index is 11.1. The van der Waals surface area contributed by atoms with Crippen LogP contribution in [0.5, 0.6) is 11.5 Å². The van der Waals surface area contributed by atoms with Gasteiger partial charge in [-0.15, -0.1) is 0 Å². The molecule has 0 saturated heterocycles. The SMILES string of the molecule is COc1c(C=O)cc(Cl)c(CS(=O)(=O)Cl)c1OC. The molecule has 0 aromatic heterocycles. The first-order chi connectivity index (χ1) is 8.34. The van der Waals surface area contributed by atoms with E-state index in [2.05, 4.69) is 0 Å². The second-order valence-electron chi connectivity index (χ2n) is 3.29. The molecule has 0 radical (unpaired) electrons. The van der Waals surface area contributed by atoms with Crippen molar-refractivity contribution < 1.29 is 22.7 Å². The maximum atomic E-state index is 11.1. The third kappa shape index (κ3) is 3.28. The topological polar surface area (TPSA) is 69.7 Å². The summed E-state index contributed by atoms with van der Waals surface area (Å²) in [6, 6.07) is 1.30. The van der Waals surface area contributed by atoms with Gasteiger partial charge in [-0.1, -0.05) is 11.6 Å². The largest absolute Gasteiger partial charge is 0.492 e. The van der Waals surface area contributed by atoms with Gasteiger partial charge in [-0.05, 0) is 6.07 Å². The number of carbonyl (C=O) groups is 1. The summed E-state index contributed by atoms with van der Waals surface area (Å²) in [5, 5.41) is 0.0685. The van der Waals surface area contributed by atoms with Gasteiger partial charge in [0, 0.05) is 21.3 Å². The molecule has 8 heteroatoms. The number of aldehydes is 1. The smallest absolute Gasteiger partial charge is 0.236 e. The highest BCUT2D eigenvalue weighted by molar-refractivity contribution is 8.13. The Morgan fingerprint density at radius 3 is 2.22 bits per heavy atom. The van der Waals surface area contributed by atoms with Gasteiger partial charge >= 0.3 is 0 Å². The molecule has 1 aromatic carbocycles. The highest BCUT2D eigenvalue weighted by Gasteiger charge is 2.22. The van der Waals surface area contributed by atoms with E-state index in [9.17, 15) is 13.2 Å². The average molecular weight is 313 g/mol. The van der Waals surface area contributed by atoms with Gasteiger partial charge in [0.25, 0.3) is 0 Å². The molecule has 0 amide bonds. The third-order valence-electron chi connectivity index (χ3n) is 2.16. The second kappa shape index (κ2) is 5.77. The molecule has 0 N–H and O–H groups in total. The first-order valence-corrected chi connectivity index (χ1v) is 7.50. The molecule has 0 atom stereocenters. The van der Waals surface area contributed by atoms with Crippen LogP contribution in [0.4, 0.5) is 0 Å². The van der Waals surface area contributed by atoms with Crippen molar-refractivity contribution in [1.82, 2.24) is 0 Å². The van der Waals surface area contributed by atoms with Crippen LogP contribution in [0.2, 0.25) is 5.02 Å². The first-order valence-electron chi connectivity index (χ1n) is 4.65. The third-order valence-corrected chi connectivity index (χ3v) is 3.46. The summed E-state index contributed by atoms with van der Waals surface area (Å²) in [5.74, 6) is -0.324. The zero-order valence-electron chi connectivity index (χ0n) is 9.57. The van der Waals surface area contributed by atoms with E-state index in [4.69, 9.17) is 31.8 Å². The molecule has 1 rings (SSSR count). The van der Waals surface area contributed by atoms with Crippen molar-refractivity contribution in [3.8, 4) is 11.5 Å². The summed E-state index contributed by atoms with van der Waals surface area (Å²) >= 11 is 5.91. The molecule has 0 aliphatic heterocycles. The lowest BCUT2D eigenvalue weighted by molar-refractivity contribution is 0.112. The van der Waals surface area contributed by atoms with Gasteiger partial charge in [0.15, 0.2) is 17.8 Å². The Morgan fingerprint density at radius 2 is 1.83 bits per heavy atom. The fraction of sp³-hybridized carbons (Fsp3) is 0.300. The molecule has 0 heterocycles. The molecule has 0 bridgehead atoms. The fourth-order valence-electron chi connectivity index (χ4n) is 1.49. The fourth-order valence-corrected chi connectivity index (χ4v) is 2.79. The van der Waals surface area contributed by atoms with E-state index in [0.717, 1.165) is 0 Å². The quantitative estimate of drug-likeness (QED) is 0.616. The summed E-state index contributed by atoms with van der Waals surface area (Å²) in [4.78, 5) is 10.9. The van der Waals surface area contributed by atoms with Gasteiger partial charge in [-0.2, -0.15) is 0 Å². The van der Waals surface area contributed by atoms with Gasteiger partial charge in [0.2, 0.25) is 9.05 Å². The Kier molecular flexibility index (Phi) is 4.84. The van der Waals surface area contributed by atoms with E-state index in [1.165, 1.54) is 20.3 Å². The highest BCUT2D eigenvalue weighted by atomic mass is 35.7. The van der Waals surface area contributed by atoms with Gasteiger partial charge in [-0.25, -0.2) is 8.42 Å². The molecule has 0 fully saturated rings. The van der Waals surface area contributed by atoms with Crippen LogP contribution in [-0.4, -0.2) is 28.9 Å². The lowest BCUT2D eigenvalue weighted by Crippen LogP contribution is -2.04. The van der Waals surface area contributed by atoms with Gasteiger partial charge < -0.3 is 9.47 Å². The molecule has 0 saturated carbocycles. The summed E-state index contributed by atoms with van der Waals surface area (Å²) in [7, 11) is 4.02. The Morgan fingerprint density at radius 1 is 1.28 bits per heavy atom. The molecule has 0 spiro atoms. The molecule has 0 aliphatic carbocycles. The Hall–Kier alpha value is -0.980. The van der Waals surface area contributed by atoms with Gasteiger partial charge in [0.05, 0.1) is 25.5 Å². The monoisotopic (exact) mass is 312 g/mol. The number of benzene rings is 1. The minimum absolute atomic E-state index is 0.0685. The lowest BCUT2D eigenvalue weighted by Gasteiger charge is -2.15. The zero-order valence-corrected chi connectivity index (χ0v) is 11.9. The Labute approximate surface area is 114 Å². The zero-order chi connectivity index (χ0) is 13.9. The van der Waals surface area contributed by atoms with Crippen LogP contribution in [0.15, 0.2) is 6.07 Å². The van der Waals surface area contributed by atoms with Crippen molar-refractivity contribution in [1.29, 1.82) is 0 Å². The number of carbonyl (C=O) groups excluding carboxylic acids is 1. The number of ether oxygens (including phenoxy) is 2. The van der Waals surface area contributed by atoms with E-state index in [1.54, 1.807) is 0 Å². The van der Waals surface area contributed by atoms with Crippen molar-refractivity contribution in [3.63, 3.8) is 0 Å². The summed E-state index contributed by atoms with van der Waals surface area (Å²) in [5.41, 5.74) is 0.312. The van der Waals surface area contributed by atoms with Crippen molar-refractivity contribution in [2.45, 2.75) is 5.75 Å². The van der Waals surface area contributed by atoms with Crippen LogP contribution >= 0.6 is 22.3 Å². The number of methoxy groups -OCH3 is 2. The van der Waals surface area contributed by atoms with E-state index in [1.807, 2.05) is 0 Å². The standard InChI is InChI=1S/C10H10Cl2O5S/c1-16-9-6(4-13)3-8(11)7(10(9)17-2)5-18(12,14)15/h3-4H,5H2,1-2H3. The van der Waals surface area contributed by atoms with E-state index in [0.29, 0.717) is 6.29 Å². The lowest BCUT2D eigenvalue weighted by atomic mass is 10.1. The van der Waals surface area contributed by atoms with Crippen LogP contribution < -0.4 is 9.47 Å². The Balaban J connectivity index is 3.55. The minimum atomic E-state index is -3.81. The van der Waals surface area contributed by atoms with Crippen LogP contribution in [0.3, 0.4) is 0 Å². The van der Waals surface area contributed by atoms with Crippen molar-refractivity contribution in [2.24, 2.45) is 0 Å². The molecular weight excluding hydrogens is 303 g/mol. The number of hydrogen-bond donors (Lipinski definition) is 0. The van der Waals surface area contributed by atoms with Crippen molar-refractivity contribution in [3.05, 3.63) is 22.2 Å². The molecular formula is C10H10Cl2O5S. The maximum Gasteiger partial charge on any atom is 0.236 e. The molecule has 0 aliphatic rings. The first kappa shape index (κ1) is 15.1. The van der Waals surface area contributed by atoms with E-state index >= 15 is 0 Å². The second-order valence-corrected chi connectivity index (χ2v) is 6.48. The molecule has 18 heavy (non-hydrogen) atoms. The molecule has 100 valence electrons. The normalized spacial score (nSPS) is 11.1. The predicted octanol–water partition coefficient (Wildman–Crippen LogP) is 2.24. The van der Waals surface area contributed by atoms with Crippen LogP contribution in [-0.2, 0) is 14.8 Å². The van der Waals surface area contributed by atoms with Crippen LogP contribution in [0.1, 0.15) is 15.9 Å². The molecule has 1 aromatic rings. The highest BCUT2D eigenvalue weighted by Crippen LogP contribution is 2.39. The van der Waals surface area contributed by atoms with Crippen LogP contribution in [0, 0.1) is 0 Å². The van der Waals surface area contributed by atoms with Crippen LogP contribution in [0.25, 0.3) is 0 Å². The number of halogens is 2. The molecule has 5 nitrogen and oxygen atoms in total. The average Bonchev–Trinajstić information content (AvgIpc) is 2.29. The summed E-state index contributed by atoms with van der Waals surface area (Å²) in [6.07, 6.45) is 0.534. The van der Waals surface area contributed by atoms with Gasteiger partial charge in [0.1, 0.15) is 0 Å². The van der Waals surface area contributed by atoms with E-state index < -0.39 is 14.8 Å². The minimum Gasteiger partial charge on any atom is -0.492 e. The van der Waals surface area contributed by atoms with E-state index in [-0.39, 0.29) is 27.6 Å². The molecule has 0 unspecified atom stereocenters. The van der Waals surface area contributed by atoms with Crippen molar-refractivity contribution in [2.75, 3.05) is 14.2 Å². The van der Waals surface area contributed by atoms with Gasteiger partial charge in [-0.3, -0.25) is 4.79 Å².